The second-order valence-electron chi connectivity index (χ2n) is 5.13. The van der Waals surface area contributed by atoms with Gasteiger partial charge in [0.15, 0.2) is 0 Å². The Balaban J connectivity index is 2.38. The Bertz CT molecular complexity index is 670. The van der Waals surface area contributed by atoms with Gasteiger partial charge in [-0.2, -0.15) is 4.98 Å². The number of rotatable bonds is 1. The van der Waals surface area contributed by atoms with Crippen LogP contribution in [0.4, 0.5) is 10.6 Å². The van der Waals surface area contributed by atoms with Gasteiger partial charge < -0.3 is 4.74 Å². The predicted octanol–water partition coefficient (Wildman–Crippen LogP) is 4.39. The number of hydrogen-bond donors (Lipinski definition) is 1. The van der Waals surface area contributed by atoms with Crippen LogP contribution in [0, 0.1) is 0 Å². The summed E-state index contributed by atoms with van der Waals surface area (Å²) < 4.78 is 6.05. The van der Waals surface area contributed by atoms with Gasteiger partial charge in [0.25, 0.3) is 0 Å². The largest absolute Gasteiger partial charge is 0.444 e. The molecule has 0 bridgehead atoms. The van der Waals surface area contributed by atoms with E-state index in [0.717, 1.165) is 4.47 Å². The molecule has 0 radical (unpaired) electrons. The third-order valence-corrected chi connectivity index (χ3v) is 2.91. The number of halogens is 2. The summed E-state index contributed by atoms with van der Waals surface area (Å²) in [5.41, 5.74) is 0.0522. The number of fused-ring (bicyclic) bond motifs is 1. The highest BCUT2D eigenvalue weighted by Crippen LogP contribution is 2.26. The van der Waals surface area contributed by atoms with Crippen LogP contribution in [0.5, 0.6) is 0 Å². The Morgan fingerprint density at radius 3 is 2.70 bits per heavy atom. The fraction of sp³-hybridized carbons (Fsp3) is 0.308. The molecule has 2 aromatic rings. The number of nitrogens with zero attached hydrogens (tertiary/aromatic N) is 2. The molecule has 1 aromatic heterocycles. The van der Waals surface area contributed by atoms with Crippen molar-refractivity contribution >= 4 is 50.3 Å². The Hall–Kier alpha value is -1.40. The van der Waals surface area contributed by atoms with Crippen LogP contribution in [0.25, 0.3) is 10.9 Å². The molecule has 1 heterocycles. The predicted molar refractivity (Wildman–Crippen MR) is 82.1 cm³/mol. The molecular weight excluding hydrogens is 346 g/mol. The number of carbonyl (C=O) groups is 1. The lowest BCUT2D eigenvalue weighted by molar-refractivity contribution is 0.0635. The number of ether oxygens (including phenoxy) is 1. The SMILES string of the molecule is CC(C)(C)OC(=O)Nc1nc(Cl)nc2ccc(Br)cc12. The molecule has 2 rings (SSSR count). The first-order valence-electron chi connectivity index (χ1n) is 5.87. The van der Waals surface area contributed by atoms with Crippen LogP contribution in [0.2, 0.25) is 5.28 Å². The maximum atomic E-state index is 11.8. The second kappa shape index (κ2) is 5.54. The van der Waals surface area contributed by atoms with Gasteiger partial charge in [-0.3, -0.25) is 5.32 Å². The van der Waals surface area contributed by atoms with E-state index < -0.39 is 11.7 Å². The number of amides is 1. The van der Waals surface area contributed by atoms with E-state index >= 15 is 0 Å². The van der Waals surface area contributed by atoms with Crippen LogP contribution < -0.4 is 5.32 Å². The zero-order chi connectivity index (χ0) is 14.9. The highest BCUT2D eigenvalue weighted by molar-refractivity contribution is 9.10. The lowest BCUT2D eigenvalue weighted by atomic mass is 10.2. The van der Waals surface area contributed by atoms with Crippen LogP contribution in [0.15, 0.2) is 22.7 Å². The Kier molecular flexibility index (Phi) is 4.15. The molecular formula is C13H13BrClN3O2. The summed E-state index contributed by atoms with van der Waals surface area (Å²) in [5.74, 6) is 0.315. The van der Waals surface area contributed by atoms with Crippen molar-refractivity contribution in [2.45, 2.75) is 26.4 Å². The number of anilines is 1. The lowest BCUT2D eigenvalue weighted by Gasteiger charge is -2.19. The van der Waals surface area contributed by atoms with Gasteiger partial charge in [0.1, 0.15) is 11.4 Å². The molecule has 0 aliphatic heterocycles. The highest BCUT2D eigenvalue weighted by atomic mass is 79.9. The normalized spacial score (nSPS) is 11.4. The van der Waals surface area contributed by atoms with E-state index in [1.165, 1.54) is 0 Å². The third kappa shape index (κ3) is 3.80. The molecule has 5 nitrogen and oxygen atoms in total. The quantitative estimate of drug-likeness (QED) is 0.768. The van der Waals surface area contributed by atoms with Crippen LogP contribution in [-0.4, -0.2) is 21.7 Å². The van der Waals surface area contributed by atoms with Gasteiger partial charge in [0.2, 0.25) is 5.28 Å². The van der Waals surface area contributed by atoms with Gasteiger partial charge in [-0.05, 0) is 50.6 Å². The van der Waals surface area contributed by atoms with Gasteiger partial charge in [-0.25, -0.2) is 9.78 Å². The summed E-state index contributed by atoms with van der Waals surface area (Å²) in [4.78, 5) is 20.0. The molecule has 0 saturated carbocycles. The summed E-state index contributed by atoms with van der Waals surface area (Å²) in [6.45, 7) is 5.36. The van der Waals surface area contributed by atoms with E-state index in [2.05, 4.69) is 31.2 Å². The lowest BCUT2D eigenvalue weighted by Crippen LogP contribution is -2.27. The number of hydrogen-bond acceptors (Lipinski definition) is 4. The van der Waals surface area contributed by atoms with Crippen molar-refractivity contribution in [2.24, 2.45) is 0 Å². The van der Waals surface area contributed by atoms with E-state index in [1.54, 1.807) is 32.9 Å². The minimum Gasteiger partial charge on any atom is -0.444 e. The monoisotopic (exact) mass is 357 g/mol. The molecule has 0 saturated heterocycles. The first-order chi connectivity index (χ1) is 9.24. The molecule has 7 heteroatoms. The molecule has 106 valence electrons. The molecule has 0 unspecified atom stereocenters. The van der Waals surface area contributed by atoms with E-state index in [1.807, 2.05) is 6.07 Å². The minimum atomic E-state index is -0.589. The molecule has 0 atom stereocenters. The minimum absolute atomic E-state index is 0.0610. The third-order valence-electron chi connectivity index (χ3n) is 2.25. The standard InChI is InChI=1S/C13H13BrClN3O2/c1-13(2,3)20-12(19)18-10-8-6-7(14)4-5-9(8)16-11(15)17-10/h4-6H,1-3H3,(H,16,17,18,19). The molecule has 0 fully saturated rings. The molecule has 1 aromatic carbocycles. The van der Waals surface area contributed by atoms with Gasteiger partial charge in [-0.1, -0.05) is 15.9 Å². The summed E-state index contributed by atoms with van der Waals surface area (Å²) in [6, 6.07) is 5.43. The van der Waals surface area contributed by atoms with Crippen LogP contribution in [0.3, 0.4) is 0 Å². The number of carbonyl (C=O) groups excluding carboxylic acids is 1. The van der Waals surface area contributed by atoms with Crippen molar-refractivity contribution in [3.63, 3.8) is 0 Å². The van der Waals surface area contributed by atoms with Crippen LogP contribution in [0.1, 0.15) is 20.8 Å². The van der Waals surface area contributed by atoms with E-state index in [9.17, 15) is 4.79 Å². The van der Waals surface area contributed by atoms with Crippen molar-refractivity contribution in [1.82, 2.24) is 9.97 Å². The van der Waals surface area contributed by atoms with Crippen molar-refractivity contribution in [2.75, 3.05) is 5.32 Å². The molecule has 0 spiro atoms. The Labute approximate surface area is 129 Å². The van der Waals surface area contributed by atoms with Crippen molar-refractivity contribution < 1.29 is 9.53 Å². The molecule has 20 heavy (non-hydrogen) atoms. The molecule has 0 aliphatic carbocycles. The van der Waals surface area contributed by atoms with E-state index in [0.29, 0.717) is 16.7 Å². The number of nitrogens with one attached hydrogen (secondary N) is 1. The highest BCUT2D eigenvalue weighted by Gasteiger charge is 2.18. The zero-order valence-corrected chi connectivity index (χ0v) is 13.5. The van der Waals surface area contributed by atoms with Crippen molar-refractivity contribution in [3.05, 3.63) is 28.0 Å². The fourth-order valence-corrected chi connectivity index (χ4v) is 2.10. The first-order valence-corrected chi connectivity index (χ1v) is 7.04. The fourth-order valence-electron chi connectivity index (χ4n) is 1.57. The molecule has 1 amide bonds. The summed E-state index contributed by atoms with van der Waals surface area (Å²) in [7, 11) is 0. The van der Waals surface area contributed by atoms with Crippen LogP contribution >= 0.6 is 27.5 Å². The average Bonchev–Trinajstić information content (AvgIpc) is 2.27. The van der Waals surface area contributed by atoms with Crippen LogP contribution in [-0.2, 0) is 4.74 Å². The smallest absolute Gasteiger partial charge is 0.413 e. The van der Waals surface area contributed by atoms with Gasteiger partial charge in [-0.15, -0.1) is 0 Å². The summed E-state index contributed by atoms with van der Waals surface area (Å²) >= 11 is 9.22. The van der Waals surface area contributed by atoms with Gasteiger partial charge in [0, 0.05) is 9.86 Å². The maximum Gasteiger partial charge on any atom is 0.413 e. The topological polar surface area (TPSA) is 64.1 Å². The number of aromatic nitrogens is 2. The maximum absolute atomic E-state index is 11.8. The molecule has 0 aliphatic rings. The van der Waals surface area contributed by atoms with Crippen molar-refractivity contribution in [3.8, 4) is 0 Å². The molecule has 1 N–H and O–H groups in total. The zero-order valence-electron chi connectivity index (χ0n) is 11.2. The van der Waals surface area contributed by atoms with Crippen molar-refractivity contribution in [1.29, 1.82) is 0 Å². The van der Waals surface area contributed by atoms with Gasteiger partial charge >= 0.3 is 6.09 Å². The second-order valence-corrected chi connectivity index (χ2v) is 6.38. The summed E-state index contributed by atoms with van der Waals surface area (Å²) in [6.07, 6.45) is -0.589. The summed E-state index contributed by atoms with van der Waals surface area (Å²) in [5, 5.41) is 3.33. The number of benzene rings is 1. The Morgan fingerprint density at radius 2 is 2.05 bits per heavy atom. The Morgan fingerprint density at radius 1 is 1.35 bits per heavy atom. The van der Waals surface area contributed by atoms with Gasteiger partial charge in [0.05, 0.1) is 5.52 Å². The first kappa shape index (κ1) is 15.0. The van der Waals surface area contributed by atoms with E-state index in [4.69, 9.17) is 16.3 Å². The van der Waals surface area contributed by atoms with E-state index in [-0.39, 0.29) is 5.28 Å². The average molecular weight is 359 g/mol.